The molecule has 0 aliphatic carbocycles. The molecule has 0 aromatic carbocycles. The second-order valence-corrected chi connectivity index (χ2v) is 6.11. The molecule has 0 amide bonds. The highest BCUT2D eigenvalue weighted by Crippen LogP contribution is 2.19. The summed E-state index contributed by atoms with van der Waals surface area (Å²) in [5.41, 5.74) is 0. The minimum absolute atomic E-state index is 0.369. The van der Waals surface area contributed by atoms with Gasteiger partial charge in [-0.2, -0.15) is 0 Å². The van der Waals surface area contributed by atoms with E-state index < -0.39 is 0 Å². The summed E-state index contributed by atoms with van der Waals surface area (Å²) in [7, 11) is 0. The smallest absolute Gasteiger partial charge is 0.0597 e. The highest BCUT2D eigenvalue weighted by Gasteiger charge is 2.26. The molecule has 1 atom stereocenters. The molecule has 0 spiro atoms. The van der Waals surface area contributed by atoms with Gasteiger partial charge >= 0.3 is 0 Å². The van der Waals surface area contributed by atoms with E-state index in [9.17, 15) is 0 Å². The van der Waals surface area contributed by atoms with Crippen LogP contribution in [0.2, 0.25) is 0 Å². The third-order valence-corrected chi connectivity index (χ3v) is 4.25. The topological polar surface area (TPSA) is 15.7 Å². The van der Waals surface area contributed by atoms with Crippen molar-refractivity contribution in [1.82, 2.24) is 9.80 Å². The number of hydrogen-bond acceptors (Lipinski definition) is 3. The highest BCUT2D eigenvalue weighted by molar-refractivity contribution is 4.82. The highest BCUT2D eigenvalue weighted by atomic mass is 16.5. The SMILES string of the molecule is CC(C)OCCN1CCC[C@H]1CN1CCCCC1. The standard InChI is InChI=1S/C15H30N2O/c1-14(2)18-12-11-17-10-6-7-15(17)13-16-8-4-3-5-9-16/h14-15H,3-13H2,1-2H3/t15-/m0/s1. The molecule has 18 heavy (non-hydrogen) atoms. The summed E-state index contributed by atoms with van der Waals surface area (Å²) in [4.78, 5) is 5.33. The van der Waals surface area contributed by atoms with Crippen molar-refractivity contribution in [2.45, 2.75) is 58.1 Å². The molecule has 2 heterocycles. The average Bonchev–Trinajstić information content (AvgIpc) is 2.78. The van der Waals surface area contributed by atoms with Crippen molar-refractivity contribution >= 4 is 0 Å². The Hall–Kier alpha value is -0.120. The number of rotatable bonds is 6. The van der Waals surface area contributed by atoms with Crippen LogP contribution in [0.15, 0.2) is 0 Å². The largest absolute Gasteiger partial charge is 0.377 e. The van der Waals surface area contributed by atoms with Crippen molar-refractivity contribution in [2.75, 3.05) is 39.3 Å². The van der Waals surface area contributed by atoms with Crippen LogP contribution in [-0.4, -0.2) is 61.3 Å². The summed E-state index contributed by atoms with van der Waals surface area (Å²) in [5, 5.41) is 0. The molecule has 0 aromatic heterocycles. The number of nitrogens with zero attached hydrogens (tertiary/aromatic N) is 2. The Labute approximate surface area is 112 Å². The maximum atomic E-state index is 5.69. The monoisotopic (exact) mass is 254 g/mol. The lowest BCUT2D eigenvalue weighted by Crippen LogP contribution is -2.43. The fraction of sp³-hybridized carbons (Fsp3) is 1.00. The molecule has 0 aromatic rings. The van der Waals surface area contributed by atoms with E-state index in [1.807, 2.05) is 0 Å². The van der Waals surface area contributed by atoms with Gasteiger partial charge in [-0.05, 0) is 59.2 Å². The first-order valence-corrected chi connectivity index (χ1v) is 7.83. The Kier molecular flexibility index (Phi) is 5.93. The van der Waals surface area contributed by atoms with Crippen molar-refractivity contribution in [3.63, 3.8) is 0 Å². The van der Waals surface area contributed by atoms with E-state index in [2.05, 4.69) is 23.6 Å². The van der Waals surface area contributed by atoms with Crippen LogP contribution in [-0.2, 0) is 4.74 Å². The second-order valence-electron chi connectivity index (χ2n) is 6.11. The normalized spacial score (nSPS) is 27.2. The van der Waals surface area contributed by atoms with Gasteiger partial charge in [-0.25, -0.2) is 0 Å². The zero-order chi connectivity index (χ0) is 12.8. The van der Waals surface area contributed by atoms with Crippen molar-refractivity contribution in [2.24, 2.45) is 0 Å². The lowest BCUT2D eigenvalue weighted by Gasteiger charge is -2.33. The van der Waals surface area contributed by atoms with E-state index >= 15 is 0 Å². The summed E-state index contributed by atoms with van der Waals surface area (Å²) in [6, 6.07) is 0.791. The molecule has 106 valence electrons. The molecule has 2 rings (SSSR count). The number of ether oxygens (including phenoxy) is 1. The van der Waals surface area contributed by atoms with E-state index in [4.69, 9.17) is 4.74 Å². The van der Waals surface area contributed by atoms with Gasteiger partial charge in [-0.3, -0.25) is 4.90 Å². The molecule has 0 unspecified atom stereocenters. The van der Waals surface area contributed by atoms with Gasteiger partial charge in [0.25, 0.3) is 0 Å². The second kappa shape index (κ2) is 7.46. The Morgan fingerprint density at radius 3 is 2.56 bits per heavy atom. The summed E-state index contributed by atoms with van der Waals surface area (Å²) in [6.07, 6.45) is 7.38. The maximum absolute atomic E-state index is 5.69. The van der Waals surface area contributed by atoms with Crippen molar-refractivity contribution in [3.8, 4) is 0 Å². The lowest BCUT2D eigenvalue weighted by atomic mass is 10.1. The summed E-state index contributed by atoms with van der Waals surface area (Å²) in [5.74, 6) is 0. The van der Waals surface area contributed by atoms with E-state index in [1.165, 1.54) is 58.3 Å². The van der Waals surface area contributed by atoms with Gasteiger partial charge in [0.2, 0.25) is 0 Å². The number of hydrogen-bond donors (Lipinski definition) is 0. The minimum Gasteiger partial charge on any atom is -0.377 e. The third kappa shape index (κ3) is 4.52. The number of likely N-dealkylation sites (tertiary alicyclic amines) is 2. The zero-order valence-electron chi connectivity index (χ0n) is 12.2. The molecular weight excluding hydrogens is 224 g/mol. The third-order valence-electron chi connectivity index (χ3n) is 4.25. The average molecular weight is 254 g/mol. The van der Waals surface area contributed by atoms with Gasteiger partial charge in [0.15, 0.2) is 0 Å². The first-order chi connectivity index (χ1) is 8.75. The van der Waals surface area contributed by atoms with Crippen LogP contribution < -0.4 is 0 Å². The quantitative estimate of drug-likeness (QED) is 0.724. The van der Waals surface area contributed by atoms with Crippen LogP contribution in [0, 0.1) is 0 Å². The Morgan fingerprint density at radius 1 is 1.06 bits per heavy atom. The predicted molar refractivity (Wildman–Crippen MR) is 76.0 cm³/mol. The summed E-state index contributed by atoms with van der Waals surface area (Å²) in [6.45, 7) is 11.5. The fourth-order valence-electron chi connectivity index (χ4n) is 3.24. The van der Waals surface area contributed by atoms with Crippen LogP contribution in [0.25, 0.3) is 0 Å². The van der Waals surface area contributed by atoms with Crippen LogP contribution in [0.5, 0.6) is 0 Å². The molecule has 2 fully saturated rings. The van der Waals surface area contributed by atoms with Crippen molar-refractivity contribution in [3.05, 3.63) is 0 Å². The van der Waals surface area contributed by atoms with Gasteiger partial charge in [-0.1, -0.05) is 6.42 Å². The molecule has 2 aliphatic rings. The first kappa shape index (κ1) is 14.3. The van der Waals surface area contributed by atoms with E-state index in [0.717, 1.165) is 19.2 Å². The van der Waals surface area contributed by atoms with Gasteiger partial charge in [0.1, 0.15) is 0 Å². The molecule has 0 N–H and O–H groups in total. The minimum atomic E-state index is 0.369. The molecule has 2 saturated heterocycles. The molecule has 0 radical (unpaired) electrons. The number of piperidine rings is 1. The summed E-state index contributed by atoms with van der Waals surface area (Å²) >= 11 is 0. The van der Waals surface area contributed by atoms with Gasteiger partial charge in [0, 0.05) is 19.1 Å². The summed E-state index contributed by atoms with van der Waals surface area (Å²) < 4.78 is 5.69. The Morgan fingerprint density at radius 2 is 1.83 bits per heavy atom. The van der Waals surface area contributed by atoms with E-state index in [0.29, 0.717) is 6.10 Å². The predicted octanol–water partition coefficient (Wildman–Crippen LogP) is 2.36. The van der Waals surface area contributed by atoms with Crippen LogP contribution in [0.1, 0.15) is 46.0 Å². The van der Waals surface area contributed by atoms with Crippen molar-refractivity contribution < 1.29 is 4.74 Å². The van der Waals surface area contributed by atoms with Crippen LogP contribution in [0.3, 0.4) is 0 Å². The molecule has 0 saturated carbocycles. The first-order valence-electron chi connectivity index (χ1n) is 7.83. The van der Waals surface area contributed by atoms with Crippen LogP contribution >= 0.6 is 0 Å². The molecule has 0 bridgehead atoms. The van der Waals surface area contributed by atoms with Gasteiger partial charge in [-0.15, -0.1) is 0 Å². The van der Waals surface area contributed by atoms with Gasteiger partial charge in [0.05, 0.1) is 12.7 Å². The molecule has 2 aliphatic heterocycles. The van der Waals surface area contributed by atoms with Crippen molar-refractivity contribution in [1.29, 1.82) is 0 Å². The zero-order valence-corrected chi connectivity index (χ0v) is 12.2. The molecular formula is C15H30N2O. The lowest BCUT2D eigenvalue weighted by molar-refractivity contribution is 0.0512. The molecule has 3 nitrogen and oxygen atoms in total. The Bertz CT molecular complexity index is 227. The maximum Gasteiger partial charge on any atom is 0.0597 e. The Balaban J connectivity index is 1.69. The fourth-order valence-corrected chi connectivity index (χ4v) is 3.24. The van der Waals surface area contributed by atoms with Crippen LogP contribution in [0.4, 0.5) is 0 Å². The van der Waals surface area contributed by atoms with Gasteiger partial charge < -0.3 is 9.64 Å². The van der Waals surface area contributed by atoms with E-state index in [1.54, 1.807) is 0 Å². The molecule has 3 heteroatoms. The van der Waals surface area contributed by atoms with E-state index in [-0.39, 0.29) is 0 Å².